The number of benzene rings is 2. The maximum absolute atomic E-state index is 12.8. The number of ether oxygens (including phenoxy) is 2. The smallest absolute Gasteiger partial charge is 0.193 e. The van der Waals surface area contributed by atoms with Gasteiger partial charge in [0.05, 0.1) is 19.7 Å². The zero-order valence-corrected chi connectivity index (χ0v) is 12.9. The Hall–Kier alpha value is -3.08. The summed E-state index contributed by atoms with van der Waals surface area (Å²) >= 11 is 0. The molecule has 3 aromatic rings. The second-order valence-electron chi connectivity index (χ2n) is 5.03. The van der Waals surface area contributed by atoms with Gasteiger partial charge < -0.3 is 15.2 Å². The van der Waals surface area contributed by atoms with Gasteiger partial charge in [-0.05, 0) is 36.4 Å². The van der Waals surface area contributed by atoms with Crippen molar-refractivity contribution in [1.82, 2.24) is 4.98 Å². The Morgan fingerprint density at radius 1 is 1.00 bits per heavy atom. The predicted octanol–water partition coefficient (Wildman–Crippen LogP) is 3.07. The van der Waals surface area contributed by atoms with Gasteiger partial charge >= 0.3 is 0 Å². The lowest BCUT2D eigenvalue weighted by molar-refractivity contribution is 0.104. The molecular weight excluding hydrogens is 292 g/mol. The van der Waals surface area contributed by atoms with Crippen molar-refractivity contribution in [3.63, 3.8) is 0 Å². The molecule has 2 N–H and O–H groups in total. The molecule has 3 rings (SSSR count). The largest absolute Gasteiger partial charge is 0.493 e. The zero-order valence-electron chi connectivity index (χ0n) is 12.9. The Morgan fingerprint density at radius 3 is 2.30 bits per heavy atom. The number of rotatable bonds is 4. The number of carbonyl (C=O) groups excluding carboxylic acids is 1. The summed E-state index contributed by atoms with van der Waals surface area (Å²) in [6.45, 7) is 0. The first kappa shape index (κ1) is 14.8. The molecule has 23 heavy (non-hydrogen) atoms. The van der Waals surface area contributed by atoms with Gasteiger partial charge in [0.1, 0.15) is 0 Å². The van der Waals surface area contributed by atoms with Crippen LogP contribution in [0.4, 0.5) is 5.69 Å². The number of nitrogen functional groups attached to an aromatic ring is 1. The van der Waals surface area contributed by atoms with Gasteiger partial charge in [-0.25, -0.2) is 0 Å². The molecular formula is C18H16N2O3. The van der Waals surface area contributed by atoms with Gasteiger partial charge in [-0.15, -0.1) is 0 Å². The first-order chi connectivity index (χ1) is 11.1. The molecule has 0 saturated carbocycles. The Kier molecular flexibility index (Phi) is 3.85. The minimum Gasteiger partial charge on any atom is -0.493 e. The van der Waals surface area contributed by atoms with Crippen molar-refractivity contribution >= 4 is 22.4 Å². The molecule has 0 aliphatic carbocycles. The molecule has 2 aromatic carbocycles. The molecule has 0 saturated heterocycles. The minimum atomic E-state index is -0.0929. The molecule has 1 heterocycles. The highest BCUT2D eigenvalue weighted by Crippen LogP contribution is 2.33. The molecule has 0 fully saturated rings. The summed E-state index contributed by atoms with van der Waals surface area (Å²) in [6.07, 6.45) is 1.61. The second kappa shape index (κ2) is 5.96. The number of pyridine rings is 1. The van der Waals surface area contributed by atoms with Gasteiger partial charge in [0.25, 0.3) is 0 Å². The quantitative estimate of drug-likeness (QED) is 0.592. The first-order valence-corrected chi connectivity index (χ1v) is 7.05. The highest BCUT2D eigenvalue weighted by molar-refractivity contribution is 6.16. The lowest BCUT2D eigenvalue weighted by Gasteiger charge is -2.11. The van der Waals surface area contributed by atoms with E-state index in [-0.39, 0.29) is 5.78 Å². The third-order valence-electron chi connectivity index (χ3n) is 3.66. The molecule has 0 spiro atoms. The fraction of sp³-hybridized carbons (Fsp3) is 0.111. The lowest BCUT2D eigenvalue weighted by Crippen LogP contribution is -2.03. The van der Waals surface area contributed by atoms with E-state index < -0.39 is 0 Å². The molecule has 0 aliphatic rings. The van der Waals surface area contributed by atoms with Crippen molar-refractivity contribution in [3.05, 3.63) is 59.8 Å². The molecule has 5 heteroatoms. The monoisotopic (exact) mass is 308 g/mol. The van der Waals surface area contributed by atoms with E-state index >= 15 is 0 Å². The highest BCUT2D eigenvalue weighted by atomic mass is 16.5. The summed E-state index contributed by atoms with van der Waals surface area (Å²) in [6, 6.07) is 12.1. The minimum absolute atomic E-state index is 0.0929. The van der Waals surface area contributed by atoms with Crippen LogP contribution >= 0.6 is 0 Å². The van der Waals surface area contributed by atoms with E-state index in [1.54, 1.807) is 62.9 Å². The lowest BCUT2D eigenvalue weighted by atomic mass is 9.99. The van der Waals surface area contributed by atoms with Gasteiger partial charge in [0.15, 0.2) is 17.3 Å². The van der Waals surface area contributed by atoms with E-state index in [1.807, 2.05) is 0 Å². The average molecular weight is 308 g/mol. The van der Waals surface area contributed by atoms with Crippen LogP contribution in [0.1, 0.15) is 15.9 Å². The van der Waals surface area contributed by atoms with Crippen LogP contribution in [-0.2, 0) is 0 Å². The van der Waals surface area contributed by atoms with Gasteiger partial charge in [0, 0.05) is 34.5 Å². The van der Waals surface area contributed by atoms with Gasteiger partial charge in [0.2, 0.25) is 0 Å². The standard InChI is InChI=1S/C18H16N2O3/c1-22-16-9-14-13(7-8-20-15(14)10-17(16)23-2)18(21)11-3-5-12(19)6-4-11/h3-10H,19H2,1-2H3. The molecule has 0 radical (unpaired) electrons. The predicted molar refractivity (Wildman–Crippen MR) is 89.1 cm³/mol. The maximum Gasteiger partial charge on any atom is 0.193 e. The normalized spacial score (nSPS) is 10.5. The summed E-state index contributed by atoms with van der Waals surface area (Å²) in [5, 5.41) is 0.715. The van der Waals surface area contributed by atoms with Crippen LogP contribution in [0.15, 0.2) is 48.7 Å². The van der Waals surface area contributed by atoms with E-state index in [2.05, 4.69) is 4.98 Å². The van der Waals surface area contributed by atoms with Crippen molar-refractivity contribution in [2.45, 2.75) is 0 Å². The molecule has 5 nitrogen and oxygen atoms in total. The summed E-state index contributed by atoms with van der Waals surface area (Å²) in [7, 11) is 3.12. The van der Waals surface area contributed by atoms with Gasteiger partial charge in [-0.1, -0.05) is 0 Å². The first-order valence-electron chi connectivity index (χ1n) is 7.05. The fourth-order valence-electron chi connectivity index (χ4n) is 2.46. The molecule has 0 bridgehead atoms. The van der Waals surface area contributed by atoms with E-state index in [1.165, 1.54) is 0 Å². The van der Waals surface area contributed by atoms with Crippen LogP contribution in [0.2, 0.25) is 0 Å². The van der Waals surface area contributed by atoms with Crippen molar-refractivity contribution in [3.8, 4) is 11.5 Å². The summed E-state index contributed by atoms with van der Waals surface area (Å²) < 4.78 is 10.6. The molecule has 0 atom stereocenters. The number of ketones is 1. The van der Waals surface area contributed by atoms with Crippen LogP contribution in [-0.4, -0.2) is 25.0 Å². The van der Waals surface area contributed by atoms with E-state index in [9.17, 15) is 4.79 Å². The summed E-state index contributed by atoms with van der Waals surface area (Å²) in [4.78, 5) is 17.1. The number of nitrogens with zero attached hydrogens (tertiary/aromatic N) is 1. The second-order valence-corrected chi connectivity index (χ2v) is 5.03. The van der Waals surface area contributed by atoms with Crippen LogP contribution in [0.5, 0.6) is 11.5 Å². The SMILES string of the molecule is COc1cc2nccc(C(=O)c3ccc(N)cc3)c2cc1OC. The van der Waals surface area contributed by atoms with Crippen molar-refractivity contribution in [1.29, 1.82) is 0 Å². The molecule has 0 amide bonds. The molecule has 0 unspecified atom stereocenters. The number of carbonyl (C=O) groups is 1. The van der Waals surface area contributed by atoms with Crippen molar-refractivity contribution in [2.24, 2.45) is 0 Å². The van der Waals surface area contributed by atoms with E-state index in [4.69, 9.17) is 15.2 Å². The number of aromatic nitrogens is 1. The van der Waals surface area contributed by atoms with Crippen molar-refractivity contribution in [2.75, 3.05) is 20.0 Å². The van der Waals surface area contributed by atoms with Gasteiger partial charge in [-0.3, -0.25) is 9.78 Å². The van der Waals surface area contributed by atoms with Crippen molar-refractivity contribution < 1.29 is 14.3 Å². The highest BCUT2D eigenvalue weighted by Gasteiger charge is 2.15. The Morgan fingerprint density at radius 2 is 1.65 bits per heavy atom. The summed E-state index contributed by atoms with van der Waals surface area (Å²) in [5.74, 6) is 1.04. The Balaban J connectivity index is 2.17. The number of hydrogen-bond acceptors (Lipinski definition) is 5. The number of methoxy groups -OCH3 is 2. The fourth-order valence-corrected chi connectivity index (χ4v) is 2.46. The zero-order chi connectivity index (χ0) is 16.4. The molecule has 1 aromatic heterocycles. The van der Waals surface area contributed by atoms with Crippen LogP contribution in [0.25, 0.3) is 10.9 Å². The topological polar surface area (TPSA) is 74.4 Å². The Bertz CT molecular complexity index is 873. The Labute approximate surface area is 133 Å². The van der Waals surface area contributed by atoms with E-state index in [0.717, 1.165) is 0 Å². The molecule has 0 aliphatic heterocycles. The van der Waals surface area contributed by atoms with E-state index in [0.29, 0.717) is 39.2 Å². The molecule has 116 valence electrons. The number of fused-ring (bicyclic) bond motifs is 1. The number of hydrogen-bond donors (Lipinski definition) is 1. The number of nitrogens with two attached hydrogens (primary N) is 1. The third-order valence-corrected chi connectivity index (χ3v) is 3.66. The third kappa shape index (κ3) is 2.68. The van der Waals surface area contributed by atoms with Crippen LogP contribution < -0.4 is 15.2 Å². The van der Waals surface area contributed by atoms with Crippen LogP contribution in [0.3, 0.4) is 0 Å². The van der Waals surface area contributed by atoms with Crippen LogP contribution in [0, 0.1) is 0 Å². The summed E-state index contributed by atoms with van der Waals surface area (Å²) in [5.41, 5.74) is 8.09. The number of anilines is 1. The maximum atomic E-state index is 12.8. The van der Waals surface area contributed by atoms with Gasteiger partial charge in [-0.2, -0.15) is 0 Å². The average Bonchev–Trinajstić information content (AvgIpc) is 2.60.